The van der Waals surface area contributed by atoms with E-state index in [4.69, 9.17) is 0 Å². The maximum Gasteiger partial charge on any atom is 0.416 e. The molecule has 224 valence electrons. The highest BCUT2D eigenvalue weighted by atomic mass is 19.4. The van der Waals surface area contributed by atoms with E-state index in [2.05, 4.69) is 16.0 Å². The zero-order valence-corrected chi connectivity index (χ0v) is 23.9. The van der Waals surface area contributed by atoms with Gasteiger partial charge in [0, 0.05) is 35.7 Å². The number of carbonyl (C=O) groups is 3. The largest absolute Gasteiger partial charge is 0.416 e. The highest BCUT2D eigenvalue weighted by molar-refractivity contribution is 6.09. The van der Waals surface area contributed by atoms with Gasteiger partial charge in [0.2, 0.25) is 5.91 Å². The van der Waals surface area contributed by atoms with Gasteiger partial charge < -0.3 is 20.5 Å². The number of aromatic nitrogens is 1. The van der Waals surface area contributed by atoms with Crippen LogP contribution in [-0.2, 0) is 18.0 Å². The molecule has 3 N–H and O–H groups in total. The SMILES string of the molecule is CCNC(=O)[C@@H](NC(=O)c1cc2cc(NC(=O)c3ccccc3-c3ccc(C(F)(F)F)cc3)ccc2n1C)c1ccccc1. The summed E-state index contributed by atoms with van der Waals surface area (Å²) < 4.78 is 40.8. The number of aryl methyl sites for hydroxylation is 1. The second-order valence-corrected chi connectivity index (χ2v) is 10.1. The van der Waals surface area contributed by atoms with E-state index >= 15 is 0 Å². The molecular weight excluding hydrogens is 569 g/mol. The minimum absolute atomic E-state index is 0.290. The Morgan fingerprint density at radius 2 is 1.50 bits per heavy atom. The van der Waals surface area contributed by atoms with Crippen molar-refractivity contribution in [2.45, 2.75) is 19.1 Å². The van der Waals surface area contributed by atoms with E-state index in [1.54, 1.807) is 91.3 Å². The van der Waals surface area contributed by atoms with Crippen molar-refractivity contribution in [3.05, 3.63) is 126 Å². The van der Waals surface area contributed by atoms with Gasteiger partial charge in [-0.1, -0.05) is 60.7 Å². The maximum atomic E-state index is 13.4. The van der Waals surface area contributed by atoms with Crippen molar-refractivity contribution in [2.75, 3.05) is 11.9 Å². The molecular formula is C34H29F3N4O3. The number of nitrogens with one attached hydrogen (secondary N) is 3. The van der Waals surface area contributed by atoms with E-state index in [0.717, 1.165) is 17.6 Å². The highest BCUT2D eigenvalue weighted by Gasteiger charge is 2.30. The molecule has 5 rings (SSSR count). The first-order chi connectivity index (χ1) is 21.1. The number of fused-ring (bicyclic) bond motifs is 1. The molecule has 0 saturated carbocycles. The Bertz CT molecular complexity index is 1830. The summed E-state index contributed by atoms with van der Waals surface area (Å²) in [5.41, 5.74) is 2.63. The molecule has 44 heavy (non-hydrogen) atoms. The van der Waals surface area contributed by atoms with Crippen LogP contribution in [0.3, 0.4) is 0 Å². The molecule has 0 spiro atoms. The Balaban J connectivity index is 1.38. The summed E-state index contributed by atoms with van der Waals surface area (Å²) in [6.45, 7) is 2.21. The minimum atomic E-state index is -4.46. The van der Waals surface area contributed by atoms with E-state index in [-0.39, 0.29) is 11.5 Å². The molecule has 10 heteroatoms. The van der Waals surface area contributed by atoms with Crippen LogP contribution < -0.4 is 16.0 Å². The third kappa shape index (κ3) is 6.34. The van der Waals surface area contributed by atoms with Crippen LogP contribution in [-0.4, -0.2) is 28.8 Å². The number of anilines is 1. The monoisotopic (exact) mass is 598 g/mol. The van der Waals surface area contributed by atoms with Crippen molar-refractivity contribution in [1.82, 2.24) is 15.2 Å². The summed E-state index contributed by atoms with van der Waals surface area (Å²) in [5.74, 6) is -1.21. The second-order valence-electron chi connectivity index (χ2n) is 10.1. The van der Waals surface area contributed by atoms with Gasteiger partial charge >= 0.3 is 6.18 Å². The minimum Gasteiger partial charge on any atom is -0.354 e. The van der Waals surface area contributed by atoms with Crippen LogP contribution in [0.15, 0.2) is 103 Å². The first kappa shape index (κ1) is 30.1. The third-order valence-electron chi connectivity index (χ3n) is 7.25. The first-order valence-electron chi connectivity index (χ1n) is 13.9. The Labute approximate surface area is 251 Å². The topological polar surface area (TPSA) is 92.2 Å². The number of nitrogens with zero attached hydrogens (tertiary/aromatic N) is 1. The van der Waals surface area contributed by atoms with Crippen LogP contribution >= 0.6 is 0 Å². The lowest BCUT2D eigenvalue weighted by molar-refractivity contribution is -0.137. The number of likely N-dealkylation sites (N-methyl/N-ethyl adjacent to an activating group) is 1. The summed E-state index contributed by atoms with van der Waals surface area (Å²) in [4.78, 5) is 39.5. The molecule has 0 aliphatic heterocycles. The van der Waals surface area contributed by atoms with E-state index in [9.17, 15) is 27.6 Å². The van der Waals surface area contributed by atoms with Crippen molar-refractivity contribution in [3.8, 4) is 11.1 Å². The predicted molar refractivity (Wildman–Crippen MR) is 163 cm³/mol. The molecule has 7 nitrogen and oxygen atoms in total. The Morgan fingerprint density at radius 1 is 0.818 bits per heavy atom. The van der Waals surface area contributed by atoms with Gasteiger partial charge in [-0.3, -0.25) is 14.4 Å². The smallest absolute Gasteiger partial charge is 0.354 e. The number of carbonyl (C=O) groups excluding carboxylic acids is 3. The summed E-state index contributed by atoms with van der Waals surface area (Å²) in [6.07, 6.45) is -4.46. The molecule has 4 aromatic carbocycles. The number of halogens is 3. The molecule has 0 fully saturated rings. The lowest BCUT2D eigenvalue weighted by Crippen LogP contribution is -2.40. The standard InChI is InChI=1S/C34H29F3N4O3/c1-3-38-33(44)30(22-9-5-4-6-10-22)40-32(43)29-20-23-19-25(17-18-28(23)41(29)2)39-31(42)27-12-8-7-11-26(27)21-13-15-24(16-14-21)34(35,36)37/h4-20,30H,3H2,1-2H3,(H,38,44)(H,39,42)(H,40,43)/t30-/m0/s1. The third-order valence-corrected chi connectivity index (χ3v) is 7.25. The van der Waals surface area contributed by atoms with Gasteiger partial charge in [-0.25, -0.2) is 0 Å². The number of alkyl halides is 3. The van der Waals surface area contributed by atoms with Gasteiger partial charge in [0.1, 0.15) is 11.7 Å². The Morgan fingerprint density at radius 3 is 2.18 bits per heavy atom. The van der Waals surface area contributed by atoms with Crippen LogP contribution in [0, 0.1) is 0 Å². The van der Waals surface area contributed by atoms with Crippen LogP contribution in [0.25, 0.3) is 22.0 Å². The molecule has 0 aliphatic rings. The van der Waals surface area contributed by atoms with Gasteiger partial charge in [-0.2, -0.15) is 13.2 Å². The van der Waals surface area contributed by atoms with Crippen molar-refractivity contribution >= 4 is 34.3 Å². The van der Waals surface area contributed by atoms with Crippen LogP contribution in [0.1, 0.15) is 44.9 Å². The summed E-state index contributed by atoms with van der Waals surface area (Å²) in [6, 6.07) is 26.2. The maximum absolute atomic E-state index is 13.4. The fourth-order valence-electron chi connectivity index (χ4n) is 5.04. The molecule has 0 aliphatic carbocycles. The molecule has 3 amide bonds. The van der Waals surface area contributed by atoms with Gasteiger partial charge in [-0.05, 0) is 66.1 Å². The number of hydrogen-bond acceptors (Lipinski definition) is 3. The van der Waals surface area contributed by atoms with Crippen molar-refractivity contribution in [1.29, 1.82) is 0 Å². The number of amides is 3. The van der Waals surface area contributed by atoms with E-state index in [1.165, 1.54) is 12.1 Å². The van der Waals surface area contributed by atoms with Crippen molar-refractivity contribution in [2.24, 2.45) is 7.05 Å². The number of rotatable bonds is 8. The molecule has 1 aromatic heterocycles. The summed E-state index contributed by atoms with van der Waals surface area (Å²) >= 11 is 0. The fraction of sp³-hybridized carbons (Fsp3) is 0.147. The Hall–Kier alpha value is -5.38. The number of hydrogen-bond donors (Lipinski definition) is 3. The lowest BCUT2D eigenvalue weighted by atomic mass is 9.98. The molecule has 0 radical (unpaired) electrons. The normalized spacial score (nSPS) is 12.0. The Kier molecular flexibility index (Phi) is 8.52. The van der Waals surface area contributed by atoms with Gasteiger partial charge in [0.15, 0.2) is 0 Å². The van der Waals surface area contributed by atoms with E-state index in [1.807, 2.05) is 6.07 Å². The van der Waals surface area contributed by atoms with E-state index in [0.29, 0.717) is 40.0 Å². The quantitative estimate of drug-likeness (QED) is 0.185. The molecule has 0 unspecified atom stereocenters. The molecule has 1 atom stereocenters. The van der Waals surface area contributed by atoms with Crippen molar-refractivity contribution < 1.29 is 27.6 Å². The van der Waals surface area contributed by atoms with Gasteiger partial charge in [0.25, 0.3) is 11.8 Å². The van der Waals surface area contributed by atoms with E-state index < -0.39 is 29.6 Å². The van der Waals surface area contributed by atoms with Gasteiger partial charge in [0.05, 0.1) is 5.56 Å². The average molecular weight is 599 g/mol. The molecule has 0 bridgehead atoms. The highest BCUT2D eigenvalue weighted by Crippen LogP contribution is 2.32. The van der Waals surface area contributed by atoms with Crippen molar-refractivity contribution in [3.63, 3.8) is 0 Å². The molecule has 5 aromatic rings. The molecule has 0 saturated heterocycles. The van der Waals surface area contributed by atoms with Gasteiger partial charge in [-0.15, -0.1) is 0 Å². The lowest BCUT2D eigenvalue weighted by Gasteiger charge is -2.18. The summed E-state index contributed by atoms with van der Waals surface area (Å²) in [5, 5.41) is 9.13. The second kappa shape index (κ2) is 12.5. The zero-order valence-electron chi connectivity index (χ0n) is 23.9. The van der Waals surface area contributed by atoms with Crippen LogP contribution in [0.5, 0.6) is 0 Å². The fourth-order valence-corrected chi connectivity index (χ4v) is 5.04. The number of benzene rings is 4. The molecule has 1 heterocycles. The average Bonchev–Trinajstić information content (AvgIpc) is 3.35. The zero-order chi connectivity index (χ0) is 31.4. The van der Waals surface area contributed by atoms with Crippen LogP contribution in [0.4, 0.5) is 18.9 Å². The predicted octanol–water partition coefficient (Wildman–Crippen LogP) is 6.72. The van der Waals surface area contributed by atoms with Crippen LogP contribution in [0.2, 0.25) is 0 Å². The summed E-state index contributed by atoms with van der Waals surface area (Å²) in [7, 11) is 1.74. The first-order valence-corrected chi connectivity index (χ1v) is 13.9.